The number of nitrogens with zero attached hydrogens (tertiary/aromatic N) is 3. The number of piperazine rings is 1. The maximum Gasteiger partial charge on any atom is 0.337 e. The Morgan fingerprint density at radius 3 is 2.38 bits per heavy atom. The molecule has 1 aliphatic heterocycles. The van der Waals surface area contributed by atoms with E-state index in [9.17, 15) is 22.9 Å². The molecule has 0 spiro atoms. The normalized spacial score (nSPS) is 17.7. The largest absolute Gasteiger partial charge is 0.465 e. The molecule has 0 aliphatic carbocycles. The number of methoxy groups -OCH3 is 1. The van der Waals surface area contributed by atoms with Crippen molar-refractivity contribution < 1.29 is 22.3 Å². The van der Waals surface area contributed by atoms with Crippen LogP contribution < -0.4 is 0 Å². The zero-order chi connectivity index (χ0) is 19.5. The van der Waals surface area contributed by atoms with Gasteiger partial charge in [-0.3, -0.25) is 4.90 Å². The summed E-state index contributed by atoms with van der Waals surface area (Å²) in [5, 5.41) is 9.28. The van der Waals surface area contributed by atoms with Crippen LogP contribution in [0.1, 0.15) is 24.2 Å². The molecule has 1 heterocycles. The molecule has 0 N–H and O–H groups in total. The predicted octanol–water partition coefficient (Wildman–Crippen LogP) is 1.47. The molecule has 9 heteroatoms. The summed E-state index contributed by atoms with van der Waals surface area (Å²) >= 11 is 0. The van der Waals surface area contributed by atoms with Gasteiger partial charge in [0.05, 0.1) is 18.7 Å². The van der Waals surface area contributed by atoms with Gasteiger partial charge >= 0.3 is 5.97 Å². The number of rotatable bonds is 5. The average Bonchev–Trinajstić information content (AvgIpc) is 2.62. The Labute approximate surface area is 153 Å². The molecule has 1 saturated heterocycles. The third-order valence-electron chi connectivity index (χ3n) is 4.40. The van der Waals surface area contributed by atoms with Crippen molar-refractivity contribution in [2.24, 2.45) is 5.92 Å². The molecule has 26 heavy (non-hydrogen) atoms. The topological polar surface area (TPSA) is 90.7 Å². The molecule has 0 aromatic heterocycles. The lowest BCUT2D eigenvalue weighted by molar-refractivity contribution is 0.0600. The van der Waals surface area contributed by atoms with E-state index in [0.29, 0.717) is 13.1 Å². The number of ether oxygens (including phenoxy) is 1. The minimum atomic E-state index is -4.09. The summed E-state index contributed by atoms with van der Waals surface area (Å²) in [4.78, 5) is 13.0. The van der Waals surface area contributed by atoms with Gasteiger partial charge in [0.25, 0.3) is 0 Å². The maximum absolute atomic E-state index is 14.1. The van der Waals surface area contributed by atoms with Crippen molar-refractivity contribution in [1.82, 2.24) is 9.21 Å². The summed E-state index contributed by atoms with van der Waals surface area (Å²) in [5.41, 5.74) is -0.0320. The van der Waals surface area contributed by atoms with Gasteiger partial charge < -0.3 is 4.74 Å². The highest BCUT2D eigenvalue weighted by Gasteiger charge is 2.33. The number of hydrogen-bond acceptors (Lipinski definition) is 6. The Bertz CT molecular complexity index is 812. The highest BCUT2D eigenvalue weighted by Crippen LogP contribution is 2.23. The first kappa shape index (κ1) is 20.3. The standard InChI is InChI=1S/C17H22FN3O4S/c1-12(2)15(11-19)20-6-8-21(9-7-20)26(23,24)16-10-13(17(22)25-3)4-5-14(16)18/h4-5,10,12,15H,6-9H2,1-3H3/t15-/m0/s1. The fourth-order valence-electron chi connectivity index (χ4n) is 2.96. The number of carbonyl (C=O) groups is 1. The smallest absolute Gasteiger partial charge is 0.337 e. The van der Waals surface area contributed by atoms with Gasteiger partial charge in [-0.05, 0) is 24.1 Å². The van der Waals surface area contributed by atoms with E-state index in [1.54, 1.807) is 0 Å². The summed E-state index contributed by atoms with van der Waals surface area (Å²) in [6.45, 7) is 4.93. The van der Waals surface area contributed by atoms with Crippen LogP contribution in [0.2, 0.25) is 0 Å². The molecule has 1 fully saturated rings. The highest BCUT2D eigenvalue weighted by molar-refractivity contribution is 7.89. The SMILES string of the molecule is COC(=O)c1ccc(F)c(S(=O)(=O)N2CCN([C@@H](C#N)C(C)C)CC2)c1. The molecular weight excluding hydrogens is 361 g/mol. The summed E-state index contributed by atoms with van der Waals surface area (Å²) in [5.74, 6) is -1.53. The Balaban J connectivity index is 2.22. The summed E-state index contributed by atoms with van der Waals surface area (Å²) < 4.78 is 45.5. The third-order valence-corrected chi connectivity index (χ3v) is 6.31. The Morgan fingerprint density at radius 2 is 1.88 bits per heavy atom. The van der Waals surface area contributed by atoms with Gasteiger partial charge in [-0.25, -0.2) is 17.6 Å². The lowest BCUT2D eigenvalue weighted by Gasteiger charge is -2.37. The number of sulfonamides is 1. The van der Waals surface area contributed by atoms with Crippen molar-refractivity contribution in [2.75, 3.05) is 33.3 Å². The predicted molar refractivity (Wildman–Crippen MR) is 92.3 cm³/mol. The quantitative estimate of drug-likeness (QED) is 0.715. The van der Waals surface area contributed by atoms with Gasteiger partial charge in [-0.2, -0.15) is 9.57 Å². The van der Waals surface area contributed by atoms with Crippen LogP contribution >= 0.6 is 0 Å². The first-order valence-electron chi connectivity index (χ1n) is 8.24. The lowest BCUT2D eigenvalue weighted by atomic mass is 10.0. The minimum absolute atomic E-state index is 0.0320. The molecule has 1 aromatic rings. The lowest BCUT2D eigenvalue weighted by Crippen LogP contribution is -2.52. The minimum Gasteiger partial charge on any atom is -0.465 e. The van der Waals surface area contributed by atoms with Gasteiger partial charge in [-0.1, -0.05) is 13.8 Å². The van der Waals surface area contributed by atoms with Gasteiger partial charge in [0, 0.05) is 26.2 Å². The van der Waals surface area contributed by atoms with Crippen LogP contribution in [0.3, 0.4) is 0 Å². The van der Waals surface area contributed by atoms with Crippen LogP contribution in [0.4, 0.5) is 4.39 Å². The number of benzene rings is 1. The maximum atomic E-state index is 14.1. The molecule has 2 rings (SSSR count). The second-order valence-corrected chi connectivity index (χ2v) is 8.30. The van der Waals surface area contributed by atoms with Crippen LogP contribution in [-0.4, -0.2) is 62.9 Å². The van der Waals surface area contributed by atoms with E-state index < -0.39 is 26.7 Å². The molecule has 142 valence electrons. The molecule has 0 amide bonds. The number of hydrogen-bond donors (Lipinski definition) is 0. The molecule has 0 radical (unpaired) electrons. The van der Waals surface area contributed by atoms with E-state index in [2.05, 4.69) is 10.8 Å². The van der Waals surface area contributed by atoms with Crippen LogP contribution in [0, 0.1) is 23.1 Å². The van der Waals surface area contributed by atoms with Gasteiger partial charge in [0.15, 0.2) is 0 Å². The molecule has 1 atom stereocenters. The van der Waals surface area contributed by atoms with Crippen molar-refractivity contribution in [3.63, 3.8) is 0 Å². The first-order chi connectivity index (χ1) is 12.2. The fraction of sp³-hybridized carbons (Fsp3) is 0.529. The van der Waals surface area contributed by atoms with E-state index in [1.165, 1.54) is 17.5 Å². The van der Waals surface area contributed by atoms with Crippen molar-refractivity contribution in [3.05, 3.63) is 29.6 Å². The second kappa shape index (κ2) is 8.12. The van der Waals surface area contributed by atoms with Crippen molar-refractivity contribution in [1.29, 1.82) is 5.26 Å². The third kappa shape index (κ3) is 4.03. The highest BCUT2D eigenvalue weighted by atomic mass is 32.2. The van der Waals surface area contributed by atoms with Crippen LogP contribution in [0.25, 0.3) is 0 Å². The first-order valence-corrected chi connectivity index (χ1v) is 9.68. The van der Waals surface area contributed by atoms with Crippen LogP contribution in [0.15, 0.2) is 23.1 Å². The summed E-state index contributed by atoms with van der Waals surface area (Å²) in [6, 6.07) is 5.06. The van der Waals surface area contributed by atoms with Crippen molar-refractivity contribution in [2.45, 2.75) is 24.8 Å². The zero-order valence-electron chi connectivity index (χ0n) is 15.0. The monoisotopic (exact) mass is 383 g/mol. The average molecular weight is 383 g/mol. The second-order valence-electron chi connectivity index (χ2n) is 6.39. The van der Waals surface area contributed by atoms with Gasteiger partial charge in [0.1, 0.15) is 16.8 Å². The van der Waals surface area contributed by atoms with Crippen LogP contribution in [0.5, 0.6) is 0 Å². The molecule has 0 bridgehead atoms. The molecular formula is C17H22FN3O4S. The number of halogens is 1. The van der Waals surface area contributed by atoms with Crippen molar-refractivity contribution >= 4 is 16.0 Å². The molecule has 0 saturated carbocycles. The molecule has 7 nitrogen and oxygen atoms in total. The van der Waals surface area contributed by atoms with Crippen LogP contribution in [-0.2, 0) is 14.8 Å². The van der Waals surface area contributed by atoms with E-state index in [-0.39, 0.29) is 30.6 Å². The van der Waals surface area contributed by atoms with Gasteiger partial charge in [0.2, 0.25) is 10.0 Å². The van der Waals surface area contributed by atoms with Crippen molar-refractivity contribution in [3.8, 4) is 6.07 Å². The zero-order valence-corrected chi connectivity index (χ0v) is 15.8. The van der Waals surface area contributed by atoms with Gasteiger partial charge in [-0.15, -0.1) is 0 Å². The van der Waals surface area contributed by atoms with E-state index >= 15 is 0 Å². The molecule has 1 aliphatic rings. The number of nitriles is 1. The van der Waals surface area contributed by atoms with E-state index in [1.807, 2.05) is 18.7 Å². The Kier molecular flexibility index (Phi) is 6.34. The number of esters is 1. The van der Waals surface area contributed by atoms with E-state index in [4.69, 9.17) is 0 Å². The molecule has 1 aromatic carbocycles. The Hall–Kier alpha value is -2.02. The number of carbonyl (C=O) groups excluding carboxylic acids is 1. The summed E-state index contributed by atoms with van der Waals surface area (Å²) in [7, 11) is -2.93. The molecule has 0 unspecified atom stereocenters. The van der Waals surface area contributed by atoms with E-state index in [0.717, 1.165) is 12.1 Å². The Morgan fingerprint density at radius 1 is 1.27 bits per heavy atom. The summed E-state index contributed by atoms with van der Waals surface area (Å²) in [6.07, 6.45) is 0. The fourth-order valence-corrected chi connectivity index (χ4v) is 4.47.